The molecule has 1 aromatic carbocycles. The van der Waals surface area contributed by atoms with Crippen LogP contribution in [0.4, 0.5) is 0 Å². The highest BCUT2D eigenvalue weighted by molar-refractivity contribution is 5.94. The third kappa shape index (κ3) is 2.80. The van der Waals surface area contributed by atoms with E-state index in [0.717, 1.165) is 16.5 Å². The van der Waals surface area contributed by atoms with Gasteiger partial charge in [-0.1, -0.05) is 18.2 Å². The molecule has 0 aliphatic heterocycles. The topological polar surface area (TPSA) is 94.8 Å². The normalized spacial score (nSPS) is 10.5. The Morgan fingerprint density at radius 1 is 1.05 bits per heavy atom. The summed E-state index contributed by atoms with van der Waals surface area (Å²) in [5, 5.41) is 3.62. The zero-order valence-electron chi connectivity index (χ0n) is 11.6. The Morgan fingerprint density at radius 3 is 2.64 bits per heavy atom. The fraction of sp³-hybridized carbons (Fsp3) is 0.0625. The van der Waals surface area contributed by atoms with Gasteiger partial charge in [-0.2, -0.15) is 0 Å². The Labute approximate surface area is 124 Å². The monoisotopic (exact) mass is 295 g/mol. The third-order valence-electron chi connectivity index (χ3n) is 3.32. The molecular formula is C16H13N3O3. The minimum Gasteiger partial charge on any atom is -0.348 e. The zero-order valence-corrected chi connectivity index (χ0v) is 11.6. The number of H-pyrrole nitrogens is 2. The summed E-state index contributed by atoms with van der Waals surface area (Å²) < 4.78 is 0. The first-order chi connectivity index (χ1) is 10.6. The molecule has 110 valence electrons. The van der Waals surface area contributed by atoms with Crippen LogP contribution < -0.4 is 16.4 Å². The van der Waals surface area contributed by atoms with Crippen molar-refractivity contribution in [3.63, 3.8) is 0 Å². The summed E-state index contributed by atoms with van der Waals surface area (Å²) in [6.07, 6.45) is 1.35. The van der Waals surface area contributed by atoms with E-state index in [9.17, 15) is 14.4 Å². The number of carbonyl (C=O) groups is 1. The molecule has 0 fully saturated rings. The van der Waals surface area contributed by atoms with Gasteiger partial charge in [-0.15, -0.1) is 0 Å². The van der Waals surface area contributed by atoms with Crippen molar-refractivity contribution in [2.24, 2.45) is 0 Å². The summed E-state index contributed by atoms with van der Waals surface area (Å²) >= 11 is 0. The largest absolute Gasteiger partial charge is 0.348 e. The molecule has 6 heteroatoms. The van der Waals surface area contributed by atoms with E-state index in [-0.39, 0.29) is 23.6 Å². The van der Waals surface area contributed by atoms with Gasteiger partial charge in [0.05, 0.1) is 5.56 Å². The number of hydrogen-bond acceptors (Lipinski definition) is 3. The Hall–Kier alpha value is -3.15. The maximum absolute atomic E-state index is 12.0. The van der Waals surface area contributed by atoms with Gasteiger partial charge in [-0.05, 0) is 17.7 Å². The Kier molecular flexibility index (Phi) is 3.57. The number of rotatable bonds is 3. The van der Waals surface area contributed by atoms with E-state index in [4.69, 9.17) is 0 Å². The SMILES string of the molecule is O=C(NCc1cc(=O)[nH]c2ccccc12)c1ccc(=O)[nH]c1. The van der Waals surface area contributed by atoms with Crippen LogP contribution in [0.3, 0.4) is 0 Å². The van der Waals surface area contributed by atoms with Gasteiger partial charge in [0.25, 0.3) is 5.91 Å². The maximum Gasteiger partial charge on any atom is 0.253 e. The van der Waals surface area contributed by atoms with Gasteiger partial charge in [0, 0.05) is 35.8 Å². The van der Waals surface area contributed by atoms with Crippen LogP contribution in [0.5, 0.6) is 0 Å². The molecule has 0 unspecified atom stereocenters. The predicted molar refractivity (Wildman–Crippen MR) is 82.8 cm³/mol. The summed E-state index contributed by atoms with van der Waals surface area (Å²) in [7, 11) is 0. The van der Waals surface area contributed by atoms with E-state index in [1.165, 1.54) is 24.4 Å². The summed E-state index contributed by atoms with van der Waals surface area (Å²) in [4.78, 5) is 39.9. The zero-order chi connectivity index (χ0) is 15.5. The first-order valence-electron chi connectivity index (χ1n) is 6.71. The molecule has 3 aromatic rings. The second kappa shape index (κ2) is 5.69. The molecule has 2 aromatic heterocycles. The summed E-state index contributed by atoms with van der Waals surface area (Å²) in [6, 6.07) is 11.6. The molecule has 1 amide bonds. The van der Waals surface area contributed by atoms with E-state index in [2.05, 4.69) is 15.3 Å². The summed E-state index contributed by atoms with van der Waals surface area (Å²) in [5.74, 6) is -0.319. The van der Waals surface area contributed by atoms with Gasteiger partial charge in [-0.3, -0.25) is 14.4 Å². The van der Waals surface area contributed by atoms with Gasteiger partial charge in [0.2, 0.25) is 11.1 Å². The van der Waals surface area contributed by atoms with Crippen molar-refractivity contribution in [2.45, 2.75) is 6.54 Å². The number of amides is 1. The van der Waals surface area contributed by atoms with E-state index in [1.807, 2.05) is 24.3 Å². The number of para-hydroxylation sites is 1. The fourth-order valence-corrected chi connectivity index (χ4v) is 2.25. The minimum absolute atomic E-state index is 0.216. The standard InChI is InChI=1S/C16H13N3O3/c20-14-6-5-10(8-17-14)16(22)18-9-11-7-15(21)19-13-4-2-1-3-12(11)13/h1-8H,9H2,(H,17,20)(H,18,22)(H,19,21). The lowest BCUT2D eigenvalue weighted by atomic mass is 10.1. The van der Waals surface area contributed by atoms with Crippen LogP contribution in [0.1, 0.15) is 15.9 Å². The van der Waals surface area contributed by atoms with E-state index < -0.39 is 0 Å². The first kappa shape index (κ1) is 13.8. The van der Waals surface area contributed by atoms with Gasteiger partial charge < -0.3 is 15.3 Å². The number of pyridine rings is 2. The molecule has 3 rings (SSSR count). The van der Waals surface area contributed by atoms with Crippen molar-refractivity contribution in [3.05, 3.63) is 80.5 Å². The van der Waals surface area contributed by atoms with Gasteiger partial charge >= 0.3 is 0 Å². The van der Waals surface area contributed by atoms with Crippen molar-refractivity contribution in [1.29, 1.82) is 0 Å². The minimum atomic E-state index is -0.319. The lowest BCUT2D eigenvalue weighted by Crippen LogP contribution is -2.24. The third-order valence-corrected chi connectivity index (χ3v) is 3.32. The van der Waals surface area contributed by atoms with Gasteiger partial charge in [-0.25, -0.2) is 0 Å². The molecule has 0 saturated heterocycles. The molecule has 22 heavy (non-hydrogen) atoms. The van der Waals surface area contributed by atoms with Crippen molar-refractivity contribution in [2.75, 3.05) is 0 Å². The molecule has 0 atom stereocenters. The van der Waals surface area contributed by atoms with Crippen LogP contribution in [0.25, 0.3) is 10.9 Å². The highest BCUT2D eigenvalue weighted by Crippen LogP contribution is 2.14. The number of aromatic amines is 2. The van der Waals surface area contributed by atoms with E-state index in [1.54, 1.807) is 0 Å². The number of nitrogens with one attached hydrogen (secondary N) is 3. The van der Waals surface area contributed by atoms with Crippen LogP contribution in [0, 0.1) is 0 Å². The lowest BCUT2D eigenvalue weighted by molar-refractivity contribution is 0.0950. The lowest BCUT2D eigenvalue weighted by Gasteiger charge is -2.08. The smallest absolute Gasteiger partial charge is 0.253 e. The quantitative estimate of drug-likeness (QED) is 0.676. The first-order valence-corrected chi connectivity index (χ1v) is 6.71. The molecule has 2 heterocycles. The Balaban J connectivity index is 1.85. The van der Waals surface area contributed by atoms with Crippen molar-refractivity contribution in [1.82, 2.24) is 15.3 Å². The van der Waals surface area contributed by atoms with Crippen LogP contribution in [-0.2, 0) is 6.54 Å². The molecule has 0 aliphatic rings. The molecular weight excluding hydrogens is 282 g/mol. The van der Waals surface area contributed by atoms with E-state index in [0.29, 0.717) is 5.56 Å². The highest BCUT2D eigenvalue weighted by Gasteiger charge is 2.07. The van der Waals surface area contributed by atoms with Crippen molar-refractivity contribution < 1.29 is 4.79 Å². The van der Waals surface area contributed by atoms with Crippen molar-refractivity contribution >= 4 is 16.8 Å². The Bertz CT molecular complexity index is 936. The van der Waals surface area contributed by atoms with Crippen LogP contribution in [-0.4, -0.2) is 15.9 Å². The number of aromatic nitrogens is 2. The number of carbonyl (C=O) groups excluding carboxylic acids is 1. The van der Waals surface area contributed by atoms with E-state index >= 15 is 0 Å². The molecule has 0 spiro atoms. The average molecular weight is 295 g/mol. The molecule has 0 saturated carbocycles. The number of hydrogen-bond donors (Lipinski definition) is 3. The maximum atomic E-state index is 12.0. The number of benzene rings is 1. The second-order valence-corrected chi connectivity index (χ2v) is 4.83. The van der Waals surface area contributed by atoms with Crippen LogP contribution >= 0.6 is 0 Å². The molecule has 0 aliphatic carbocycles. The van der Waals surface area contributed by atoms with Crippen molar-refractivity contribution in [3.8, 4) is 0 Å². The fourth-order valence-electron chi connectivity index (χ4n) is 2.25. The predicted octanol–water partition coefficient (Wildman–Crippen LogP) is 1.15. The second-order valence-electron chi connectivity index (χ2n) is 4.83. The molecule has 0 radical (unpaired) electrons. The molecule has 0 bridgehead atoms. The molecule has 6 nitrogen and oxygen atoms in total. The summed E-state index contributed by atoms with van der Waals surface area (Å²) in [6.45, 7) is 0.225. The van der Waals surface area contributed by atoms with Crippen LogP contribution in [0.2, 0.25) is 0 Å². The number of fused-ring (bicyclic) bond motifs is 1. The van der Waals surface area contributed by atoms with Gasteiger partial charge in [0.15, 0.2) is 0 Å². The van der Waals surface area contributed by atoms with Crippen LogP contribution in [0.15, 0.2) is 58.3 Å². The average Bonchev–Trinajstić information content (AvgIpc) is 2.52. The summed E-state index contributed by atoms with van der Waals surface area (Å²) in [5.41, 5.74) is 1.33. The highest BCUT2D eigenvalue weighted by atomic mass is 16.2. The van der Waals surface area contributed by atoms with Gasteiger partial charge in [0.1, 0.15) is 0 Å². The Morgan fingerprint density at radius 2 is 1.86 bits per heavy atom. The molecule has 3 N–H and O–H groups in total.